The van der Waals surface area contributed by atoms with Gasteiger partial charge in [-0.1, -0.05) is 49.2 Å². The summed E-state index contributed by atoms with van der Waals surface area (Å²) >= 11 is 0. The molecule has 0 aliphatic carbocycles. The standard InChI is InChI=1S/C17H16O2/c1-2-3-4-5-6-7-8-9-12-15-13-10-11-14-16(15)17(18)19/h7-8,10-11,13-14H,2-4H2,1H3,(H,18,19). The van der Waals surface area contributed by atoms with Gasteiger partial charge in [0, 0.05) is 12.0 Å². The van der Waals surface area contributed by atoms with E-state index in [4.69, 9.17) is 5.11 Å². The van der Waals surface area contributed by atoms with E-state index >= 15 is 0 Å². The molecule has 1 aromatic rings. The maximum atomic E-state index is 10.9. The molecule has 0 saturated heterocycles. The Labute approximate surface area is 114 Å². The molecule has 0 aliphatic rings. The molecule has 0 aromatic heterocycles. The summed E-state index contributed by atoms with van der Waals surface area (Å²) < 4.78 is 0. The van der Waals surface area contributed by atoms with Gasteiger partial charge in [-0.25, -0.2) is 4.79 Å². The van der Waals surface area contributed by atoms with Crippen LogP contribution in [0.1, 0.15) is 42.1 Å². The second-order valence-electron chi connectivity index (χ2n) is 3.88. The highest BCUT2D eigenvalue weighted by Gasteiger charge is 2.05. The average molecular weight is 252 g/mol. The van der Waals surface area contributed by atoms with Gasteiger partial charge in [-0.3, -0.25) is 0 Å². The van der Waals surface area contributed by atoms with Crippen LogP contribution in [0.4, 0.5) is 0 Å². The molecule has 0 saturated carbocycles. The molecule has 0 bridgehead atoms. The molecule has 0 fully saturated rings. The van der Waals surface area contributed by atoms with Gasteiger partial charge in [0.1, 0.15) is 0 Å². The number of rotatable bonds is 3. The number of carboxylic acid groups (broad SMARTS) is 1. The highest BCUT2D eigenvalue weighted by Crippen LogP contribution is 2.06. The molecule has 0 aliphatic heterocycles. The second-order valence-corrected chi connectivity index (χ2v) is 3.88. The van der Waals surface area contributed by atoms with Crippen molar-refractivity contribution in [1.29, 1.82) is 0 Å². The van der Waals surface area contributed by atoms with Crippen LogP contribution in [0.2, 0.25) is 0 Å². The van der Waals surface area contributed by atoms with Gasteiger partial charge in [-0.15, -0.1) is 0 Å². The van der Waals surface area contributed by atoms with Crippen molar-refractivity contribution >= 4 is 5.97 Å². The Morgan fingerprint density at radius 1 is 1.26 bits per heavy atom. The number of hydrogen-bond donors (Lipinski definition) is 1. The van der Waals surface area contributed by atoms with Gasteiger partial charge in [-0.05, 0) is 30.7 Å². The predicted octanol–water partition coefficient (Wildman–Crippen LogP) is 3.49. The van der Waals surface area contributed by atoms with Crippen molar-refractivity contribution in [2.75, 3.05) is 0 Å². The maximum absolute atomic E-state index is 10.9. The zero-order valence-electron chi connectivity index (χ0n) is 10.9. The Morgan fingerprint density at radius 3 is 2.74 bits per heavy atom. The lowest BCUT2D eigenvalue weighted by atomic mass is 10.1. The Hall–Kier alpha value is -2.45. The van der Waals surface area contributed by atoms with Gasteiger partial charge < -0.3 is 5.11 Å². The van der Waals surface area contributed by atoms with Crippen molar-refractivity contribution in [3.05, 3.63) is 47.5 Å². The first-order chi connectivity index (χ1) is 9.25. The van der Waals surface area contributed by atoms with Crippen LogP contribution in [0.5, 0.6) is 0 Å². The topological polar surface area (TPSA) is 37.3 Å². The molecule has 2 heteroatoms. The number of benzene rings is 1. The van der Waals surface area contributed by atoms with Crippen LogP contribution in [-0.4, -0.2) is 11.1 Å². The summed E-state index contributed by atoms with van der Waals surface area (Å²) in [6, 6.07) is 6.69. The Kier molecular flexibility index (Phi) is 6.62. The van der Waals surface area contributed by atoms with E-state index < -0.39 is 5.97 Å². The van der Waals surface area contributed by atoms with Gasteiger partial charge >= 0.3 is 5.97 Å². The minimum atomic E-state index is -0.965. The molecule has 0 heterocycles. The zero-order chi connectivity index (χ0) is 13.9. The molecule has 0 amide bonds. The molecule has 96 valence electrons. The van der Waals surface area contributed by atoms with Crippen molar-refractivity contribution in [3.8, 4) is 23.7 Å². The number of carboxylic acids is 1. The lowest BCUT2D eigenvalue weighted by Gasteiger charge is -1.96. The fourth-order valence-corrected chi connectivity index (χ4v) is 1.38. The SMILES string of the molecule is CCCCC#CC=CC#Cc1ccccc1C(=O)O. The minimum absolute atomic E-state index is 0.220. The van der Waals surface area contributed by atoms with Gasteiger partial charge in [0.15, 0.2) is 0 Å². The summed E-state index contributed by atoms with van der Waals surface area (Å²) in [6.45, 7) is 2.13. The van der Waals surface area contributed by atoms with Crippen LogP contribution in [0, 0.1) is 23.7 Å². The van der Waals surface area contributed by atoms with Crippen LogP contribution in [0.15, 0.2) is 36.4 Å². The van der Waals surface area contributed by atoms with Gasteiger partial charge in [0.2, 0.25) is 0 Å². The van der Waals surface area contributed by atoms with Crippen LogP contribution in [0.25, 0.3) is 0 Å². The highest BCUT2D eigenvalue weighted by molar-refractivity contribution is 5.90. The van der Waals surface area contributed by atoms with E-state index in [0.717, 1.165) is 19.3 Å². The van der Waals surface area contributed by atoms with Crippen molar-refractivity contribution in [2.24, 2.45) is 0 Å². The monoisotopic (exact) mass is 252 g/mol. The highest BCUT2D eigenvalue weighted by atomic mass is 16.4. The molecule has 1 rings (SSSR count). The molecule has 1 aromatic carbocycles. The minimum Gasteiger partial charge on any atom is -0.478 e. The Bertz CT molecular complexity index is 575. The summed E-state index contributed by atoms with van der Waals surface area (Å²) in [7, 11) is 0. The molecule has 0 unspecified atom stereocenters. The first-order valence-corrected chi connectivity index (χ1v) is 6.23. The molecule has 0 atom stereocenters. The van der Waals surface area contributed by atoms with Gasteiger partial charge in [-0.2, -0.15) is 0 Å². The third-order valence-corrected chi connectivity index (χ3v) is 2.37. The van der Waals surface area contributed by atoms with Crippen LogP contribution < -0.4 is 0 Å². The van der Waals surface area contributed by atoms with Crippen LogP contribution >= 0.6 is 0 Å². The number of unbranched alkanes of at least 4 members (excludes halogenated alkanes) is 2. The van der Waals surface area contributed by atoms with Gasteiger partial charge in [0.05, 0.1) is 5.56 Å². The number of carbonyl (C=O) groups is 1. The van der Waals surface area contributed by atoms with Gasteiger partial charge in [0.25, 0.3) is 0 Å². The molecule has 0 spiro atoms. The molecular formula is C17H16O2. The third-order valence-electron chi connectivity index (χ3n) is 2.37. The van der Waals surface area contributed by atoms with E-state index in [2.05, 4.69) is 30.6 Å². The number of hydrogen-bond acceptors (Lipinski definition) is 1. The van der Waals surface area contributed by atoms with E-state index in [9.17, 15) is 4.79 Å². The largest absolute Gasteiger partial charge is 0.478 e. The van der Waals surface area contributed by atoms with Crippen LogP contribution in [0.3, 0.4) is 0 Å². The summed E-state index contributed by atoms with van der Waals surface area (Å²) in [4.78, 5) is 10.9. The van der Waals surface area contributed by atoms with Crippen molar-refractivity contribution in [1.82, 2.24) is 0 Å². The van der Waals surface area contributed by atoms with Crippen molar-refractivity contribution < 1.29 is 9.90 Å². The average Bonchev–Trinajstić information content (AvgIpc) is 2.42. The number of aromatic carboxylic acids is 1. The molecule has 1 N–H and O–H groups in total. The predicted molar refractivity (Wildman–Crippen MR) is 76.7 cm³/mol. The Balaban J connectivity index is 2.65. The van der Waals surface area contributed by atoms with E-state index in [1.807, 2.05) is 0 Å². The summed E-state index contributed by atoms with van der Waals surface area (Å²) in [5.74, 6) is 10.5. The van der Waals surface area contributed by atoms with Crippen molar-refractivity contribution in [2.45, 2.75) is 26.2 Å². The van der Waals surface area contributed by atoms with E-state index in [-0.39, 0.29) is 5.56 Å². The maximum Gasteiger partial charge on any atom is 0.336 e. The number of allylic oxidation sites excluding steroid dienone is 2. The fraction of sp³-hybridized carbons (Fsp3) is 0.235. The zero-order valence-corrected chi connectivity index (χ0v) is 10.9. The van der Waals surface area contributed by atoms with E-state index in [1.165, 1.54) is 0 Å². The third kappa shape index (κ3) is 5.61. The Morgan fingerprint density at radius 2 is 2.00 bits per heavy atom. The normalized spacial score (nSPS) is 9.32. The first-order valence-electron chi connectivity index (χ1n) is 6.23. The molecule has 2 nitrogen and oxygen atoms in total. The summed E-state index contributed by atoms with van der Waals surface area (Å²) in [6.07, 6.45) is 6.47. The summed E-state index contributed by atoms with van der Waals surface area (Å²) in [5.41, 5.74) is 0.732. The van der Waals surface area contributed by atoms with Crippen LogP contribution in [-0.2, 0) is 0 Å². The van der Waals surface area contributed by atoms with E-state index in [1.54, 1.807) is 36.4 Å². The second kappa shape index (κ2) is 8.61. The first kappa shape index (κ1) is 14.6. The fourth-order valence-electron chi connectivity index (χ4n) is 1.38. The molecule has 0 radical (unpaired) electrons. The van der Waals surface area contributed by atoms with Crippen molar-refractivity contribution in [3.63, 3.8) is 0 Å². The lowest BCUT2D eigenvalue weighted by molar-refractivity contribution is 0.0696. The summed E-state index contributed by atoms with van der Waals surface area (Å²) in [5, 5.41) is 8.98. The molecular weight excluding hydrogens is 236 g/mol. The lowest BCUT2D eigenvalue weighted by Crippen LogP contribution is -1.98. The molecule has 19 heavy (non-hydrogen) atoms. The smallest absolute Gasteiger partial charge is 0.336 e. The van der Waals surface area contributed by atoms with E-state index in [0.29, 0.717) is 5.56 Å². The quantitative estimate of drug-likeness (QED) is 0.660.